The molecular formula is C26H26FN5O2. The lowest BCUT2D eigenvalue weighted by molar-refractivity contribution is -0.117. The molecular weight excluding hydrogens is 433 g/mol. The monoisotopic (exact) mass is 459 g/mol. The predicted molar refractivity (Wildman–Crippen MR) is 130 cm³/mol. The molecule has 8 heteroatoms. The second-order valence-electron chi connectivity index (χ2n) is 8.91. The number of pyridine rings is 1. The third-order valence-corrected chi connectivity index (χ3v) is 5.92. The van der Waals surface area contributed by atoms with E-state index < -0.39 is 0 Å². The molecule has 2 aromatic heterocycles. The number of amides is 1. The molecule has 0 aliphatic heterocycles. The largest absolute Gasteiger partial charge is 0.457 e. The number of anilines is 3. The number of aromatic nitrogens is 3. The van der Waals surface area contributed by atoms with E-state index in [2.05, 4.69) is 34.4 Å². The van der Waals surface area contributed by atoms with E-state index in [-0.39, 0.29) is 23.6 Å². The molecule has 174 valence electrons. The Hall–Kier alpha value is -3.94. The molecule has 0 spiro atoms. The molecule has 0 radical (unpaired) electrons. The molecule has 1 aliphatic rings. The summed E-state index contributed by atoms with van der Waals surface area (Å²) in [5.41, 5.74) is 3.02. The first-order valence-electron chi connectivity index (χ1n) is 11.3. The van der Waals surface area contributed by atoms with E-state index in [1.807, 2.05) is 35.9 Å². The average Bonchev–Trinajstić information content (AvgIpc) is 3.61. The highest BCUT2D eigenvalue weighted by Gasteiger charge is 2.29. The molecule has 34 heavy (non-hydrogen) atoms. The van der Waals surface area contributed by atoms with Crippen molar-refractivity contribution in [2.75, 3.05) is 10.6 Å². The minimum atomic E-state index is -0.331. The van der Waals surface area contributed by atoms with Crippen LogP contribution in [0.5, 0.6) is 11.5 Å². The van der Waals surface area contributed by atoms with Crippen LogP contribution < -0.4 is 15.4 Å². The first-order valence-corrected chi connectivity index (χ1v) is 11.3. The molecule has 0 atom stereocenters. The molecule has 0 bridgehead atoms. The number of nitrogens with one attached hydrogen (secondary N) is 2. The van der Waals surface area contributed by atoms with Crippen molar-refractivity contribution in [1.82, 2.24) is 14.5 Å². The lowest BCUT2D eigenvalue weighted by Gasteiger charge is -2.11. The highest BCUT2D eigenvalue weighted by molar-refractivity contribution is 5.93. The summed E-state index contributed by atoms with van der Waals surface area (Å²) in [7, 11) is 1.88. The molecule has 0 unspecified atom stereocenters. The van der Waals surface area contributed by atoms with Crippen LogP contribution in [0.25, 0.3) is 11.0 Å². The zero-order valence-corrected chi connectivity index (χ0v) is 19.3. The minimum Gasteiger partial charge on any atom is -0.457 e. The molecule has 1 amide bonds. The molecule has 2 heterocycles. The standard InChI is InChI=1S/C26H26FN5O2/c1-15(2)17-6-8-20(27)21(12-17)29-26-30-22-13-18(7-9-23(22)32(26)3)34-19-10-11-28-24(14-19)31-25(33)16-4-5-16/h6-16H,4-5H2,1-3H3,(H,29,30)(H,28,31,33). The molecule has 1 aliphatic carbocycles. The Bertz CT molecular complexity index is 1380. The Kier molecular flexibility index (Phi) is 5.65. The van der Waals surface area contributed by atoms with Crippen LogP contribution >= 0.6 is 0 Å². The van der Waals surface area contributed by atoms with E-state index in [9.17, 15) is 9.18 Å². The van der Waals surface area contributed by atoms with Crippen LogP contribution in [0, 0.1) is 11.7 Å². The van der Waals surface area contributed by atoms with Gasteiger partial charge < -0.3 is 19.9 Å². The van der Waals surface area contributed by atoms with Crippen molar-refractivity contribution < 1.29 is 13.9 Å². The van der Waals surface area contributed by atoms with Crippen molar-refractivity contribution in [3.8, 4) is 11.5 Å². The number of hydrogen-bond donors (Lipinski definition) is 2. The van der Waals surface area contributed by atoms with Crippen LogP contribution in [0.3, 0.4) is 0 Å². The summed E-state index contributed by atoms with van der Waals surface area (Å²) in [6.07, 6.45) is 3.45. The van der Waals surface area contributed by atoms with Crippen LogP contribution in [0.15, 0.2) is 54.7 Å². The smallest absolute Gasteiger partial charge is 0.228 e. The zero-order chi connectivity index (χ0) is 23.8. The van der Waals surface area contributed by atoms with Gasteiger partial charge in [-0.15, -0.1) is 0 Å². The van der Waals surface area contributed by atoms with Crippen LogP contribution in [-0.2, 0) is 11.8 Å². The van der Waals surface area contributed by atoms with E-state index in [0.29, 0.717) is 34.5 Å². The molecule has 2 aromatic carbocycles. The van der Waals surface area contributed by atoms with Crippen LogP contribution in [0.4, 0.5) is 21.8 Å². The predicted octanol–water partition coefficient (Wildman–Crippen LogP) is 6.12. The van der Waals surface area contributed by atoms with Crippen molar-refractivity contribution in [3.63, 3.8) is 0 Å². The summed E-state index contributed by atoms with van der Waals surface area (Å²) < 4.78 is 22.3. The number of ether oxygens (including phenoxy) is 1. The van der Waals surface area contributed by atoms with Gasteiger partial charge in [-0.1, -0.05) is 19.9 Å². The Labute approximate surface area is 197 Å². The molecule has 4 aromatic rings. The minimum absolute atomic E-state index is 0.00467. The van der Waals surface area contributed by atoms with E-state index in [1.165, 1.54) is 6.07 Å². The Balaban J connectivity index is 1.36. The Morgan fingerprint density at radius 2 is 1.91 bits per heavy atom. The second kappa shape index (κ2) is 8.78. The topological polar surface area (TPSA) is 81.1 Å². The van der Waals surface area contributed by atoms with Gasteiger partial charge in [0.2, 0.25) is 11.9 Å². The van der Waals surface area contributed by atoms with Crippen molar-refractivity contribution in [1.29, 1.82) is 0 Å². The van der Waals surface area contributed by atoms with Crippen LogP contribution in [-0.4, -0.2) is 20.4 Å². The number of fused-ring (bicyclic) bond motifs is 1. The highest BCUT2D eigenvalue weighted by Crippen LogP contribution is 2.32. The normalized spacial score (nSPS) is 13.3. The fourth-order valence-electron chi connectivity index (χ4n) is 3.73. The summed E-state index contributed by atoms with van der Waals surface area (Å²) in [6.45, 7) is 4.14. The number of aryl methyl sites for hydroxylation is 1. The summed E-state index contributed by atoms with van der Waals surface area (Å²) in [5, 5.41) is 5.95. The second-order valence-corrected chi connectivity index (χ2v) is 8.91. The van der Waals surface area contributed by atoms with E-state index in [0.717, 1.165) is 23.9 Å². The summed E-state index contributed by atoms with van der Waals surface area (Å²) in [4.78, 5) is 20.8. The van der Waals surface area contributed by atoms with Gasteiger partial charge in [0, 0.05) is 31.3 Å². The molecule has 0 saturated heterocycles. The molecule has 1 saturated carbocycles. The SMILES string of the molecule is CC(C)c1ccc(F)c(Nc2nc3cc(Oc4ccnc(NC(=O)C5CC5)c4)ccc3n2C)c1. The number of carbonyl (C=O) groups excluding carboxylic acids is 1. The van der Waals surface area contributed by atoms with Gasteiger partial charge in [0.25, 0.3) is 0 Å². The fourth-order valence-corrected chi connectivity index (χ4v) is 3.73. The number of benzene rings is 2. The number of imidazole rings is 1. The van der Waals surface area contributed by atoms with Crippen molar-refractivity contribution in [2.24, 2.45) is 13.0 Å². The number of nitrogens with zero attached hydrogens (tertiary/aromatic N) is 3. The zero-order valence-electron chi connectivity index (χ0n) is 19.3. The summed E-state index contributed by atoms with van der Waals surface area (Å²) in [6, 6.07) is 14.1. The van der Waals surface area contributed by atoms with Gasteiger partial charge in [0.15, 0.2) is 0 Å². The molecule has 7 nitrogen and oxygen atoms in total. The van der Waals surface area contributed by atoms with Gasteiger partial charge in [-0.3, -0.25) is 4.79 Å². The van der Waals surface area contributed by atoms with Gasteiger partial charge in [0.1, 0.15) is 23.1 Å². The Morgan fingerprint density at radius 1 is 1.12 bits per heavy atom. The maximum Gasteiger partial charge on any atom is 0.228 e. The van der Waals surface area contributed by atoms with Gasteiger partial charge in [-0.05, 0) is 54.7 Å². The van der Waals surface area contributed by atoms with E-state index in [4.69, 9.17) is 4.74 Å². The van der Waals surface area contributed by atoms with E-state index in [1.54, 1.807) is 24.4 Å². The lowest BCUT2D eigenvalue weighted by Crippen LogP contribution is -2.14. The van der Waals surface area contributed by atoms with Crippen molar-refractivity contribution in [2.45, 2.75) is 32.6 Å². The van der Waals surface area contributed by atoms with Crippen molar-refractivity contribution in [3.05, 3.63) is 66.1 Å². The van der Waals surface area contributed by atoms with Gasteiger partial charge >= 0.3 is 0 Å². The van der Waals surface area contributed by atoms with Crippen LogP contribution in [0.2, 0.25) is 0 Å². The third kappa shape index (κ3) is 4.57. The number of halogens is 1. The summed E-state index contributed by atoms with van der Waals surface area (Å²) >= 11 is 0. The van der Waals surface area contributed by atoms with Gasteiger partial charge in [0.05, 0.1) is 16.7 Å². The molecule has 5 rings (SSSR count). The highest BCUT2D eigenvalue weighted by atomic mass is 19.1. The number of carbonyl (C=O) groups is 1. The maximum absolute atomic E-state index is 14.4. The van der Waals surface area contributed by atoms with Gasteiger partial charge in [-0.2, -0.15) is 0 Å². The van der Waals surface area contributed by atoms with Gasteiger partial charge in [-0.25, -0.2) is 14.4 Å². The molecule has 2 N–H and O–H groups in total. The van der Waals surface area contributed by atoms with Crippen LogP contribution in [0.1, 0.15) is 38.2 Å². The summed E-state index contributed by atoms with van der Waals surface area (Å²) in [5.74, 6) is 2.20. The number of hydrogen-bond acceptors (Lipinski definition) is 5. The third-order valence-electron chi connectivity index (χ3n) is 5.92. The number of rotatable bonds is 7. The lowest BCUT2D eigenvalue weighted by atomic mass is 10.0. The quantitative estimate of drug-likeness (QED) is 0.348. The Morgan fingerprint density at radius 3 is 2.68 bits per heavy atom. The van der Waals surface area contributed by atoms with Crippen molar-refractivity contribution >= 4 is 34.4 Å². The molecule has 1 fully saturated rings. The maximum atomic E-state index is 14.4. The fraction of sp³-hybridized carbons (Fsp3) is 0.269. The van der Waals surface area contributed by atoms with E-state index >= 15 is 0 Å². The average molecular weight is 460 g/mol. The first-order chi connectivity index (χ1) is 16.4. The first kappa shape index (κ1) is 21.9.